The molecule has 90 valence electrons. The summed E-state index contributed by atoms with van der Waals surface area (Å²) in [4.78, 5) is 0. The molecule has 0 radical (unpaired) electrons. The van der Waals surface area contributed by atoms with Crippen LogP contribution >= 0.6 is 11.6 Å². The Labute approximate surface area is 103 Å². The van der Waals surface area contributed by atoms with Crippen molar-refractivity contribution in [3.63, 3.8) is 0 Å². The lowest BCUT2D eigenvalue weighted by Crippen LogP contribution is -2.36. The minimum absolute atomic E-state index is 0.592. The molecule has 0 fully saturated rings. The molecular weight excluding hydrogens is 222 g/mol. The summed E-state index contributed by atoms with van der Waals surface area (Å²) in [6.07, 6.45) is 0.745. The predicted molar refractivity (Wildman–Crippen MR) is 68.8 cm³/mol. The van der Waals surface area contributed by atoms with Gasteiger partial charge >= 0.3 is 0 Å². The maximum absolute atomic E-state index is 9.81. The number of hydrogen-bond acceptors (Lipinski definition) is 2. The fourth-order valence-corrected chi connectivity index (χ4v) is 1.55. The van der Waals surface area contributed by atoms with Gasteiger partial charge in [-0.25, -0.2) is 0 Å². The number of rotatable bonds is 5. The Bertz CT molecular complexity index is 350. The van der Waals surface area contributed by atoms with Crippen molar-refractivity contribution in [2.45, 2.75) is 39.3 Å². The molecule has 0 heterocycles. The van der Waals surface area contributed by atoms with Crippen molar-refractivity contribution in [3.8, 4) is 0 Å². The highest BCUT2D eigenvalue weighted by atomic mass is 35.5. The molecule has 0 saturated heterocycles. The summed E-state index contributed by atoms with van der Waals surface area (Å²) in [6, 6.07) is 6.02. The van der Waals surface area contributed by atoms with Crippen LogP contribution in [0.25, 0.3) is 0 Å². The second-order valence-corrected chi connectivity index (χ2v) is 4.94. The summed E-state index contributed by atoms with van der Waals surface area (Å²) in [5.41, 5.74) is 1.60. The summed E-state index contributed by atoms with van der Waals surface area (Å²) in [7, 11) is 0. The molecule has 1 aromatic carbocycles. The third-order valence-electron chi connectivity index (χ3n) is 2.83. The van der Waals surface area contributed by atoms with Crippen molar-refractivity contribution in [1.29, 1.82) is 0 Å². The van der Waals surface area contributed by atoms with E-state index in [4.69, 9.17) is 11.6 Å². The Morgan fingerprint density at radius 1 is 1.44 bits per heavy atom. The van der Waals surface area contributed by atoms with E-state index in [1.807, 2.05) is 32.9 Å². The normalized spacial score (nSPS) is 14.8. The summed E-state index contributed by atoms with van der Waals surface area (Å²) < 4.78 is 0. The van der Waals surface area contributed by atoms with E-state index >= 15 is 0 Å². The molecule has 0 aliphatic rings. The van der Waals surface area contributed by atoms with Crippen LogP contribution in [-0.2, 0) is 6.54 Å². The maximum atomic E-state index is 9.81. The molecule has 1 atom stereocenters. The minimum atomic E-state index is -0.630. The van der Waals surface area contributed by atoms with E-state index in [1.165, 1.54) is 0 Å². The standard InChI is InChI=1S/C13H20ClNO/c1-4-13(3,16)9-15-8-11-6-5-10(2)12(14)7-11/h5-7,15-16H,4,8-9H2,1-3H3. The molecule has 0 aliphatic carbocycles. The Balaban J connectivity index is 2.46. The Morgan fingerprint density at radius 2 is 2.12 bits per heavy atom. The minimum Gasteiger partial charge on any atom is -0.389 e. The van der Waals surface area contributed by atoms with Gasteiger partial charge in [0.25, 0.3) is 0 Å². The van der Waals surface area contributed by atoms with Crippen molar-refractivity contribution >= 4 is 11.6 Å². The summed E-state index contributed by atoms with van der Waals surface area (Å²) in [5.74, 6) is 0. The first-order valence-electron chi connectivity index (χ1n) is 5.63. The highest BCUT2D eigenvalue weighted by Gasteiger charge is 2.16. The van der Waals surface area contributed by atoms with E-state index in [0.29, 0.717) is 6.54 Å². The largest absolute Gasteiger partial charge is 0.389 e. The predicted octanol–water partition coefficient (Wildman–Crippen LogP) is 2.90. The molecule has 1 aromatic rings. The van der Waals surface area contributed by atoms with Crippen LogP contribution < -0.4 is 5.32 Å². The van der Waals surface area contributed by atoms with Gasteiger partial charge in [0.15, 0.2) is 0 Å². The van der Waals surface area contributed by atoms with Gasteiger partial charge in [0, 0.05) is 18.1 Å². The molecule has 1 unspecified atom stereocenters. The molecule has 0 aliphatic heterocycles. The fourth-order valence-electron chi connectivity index (χ4n) is 1.35. The first-order valence-corrected chi connectivity index (χ1v) is 6.00. The number of nitrogens with one attached hydrogen (secondary N) is 1. The summed E-state index contributed by atoms with van der Waals surface area (Å²) in [5, 5.41) is 13.8. The molecular formula is C13H20ClNO. The van der Waals surface area contributed by atoms with Gasteiger partial charge in [-0.1, -0.05) is 30.7 Å². The van der Waals surface area contributed by atoms with Crippen LogP contribution in [-0.4, -0.2) is 17.3 Å². The van der Waals surface area contributed by atoms with Crippen molar-refractivity contribution < 1.29 is 5.11 Å². The van der Waals surface area contributed by atoms with Crippen LogP contribution in [0.5, 0.6) is 0 Å². The van der Waals surface area contributed by atoms with Crippen molar-refractivity contribution in [1.82, 2.24) is 5.32 Å². The second-order valence-electron chi connectivity index (χ2n) is 4.54. The molecule has 0 amide bonds. The Morgan fingerprint density at radius 3 is 2.69 bits per heavy atom. The zero-order valence-corrected chi connectivity index (χ0v) is 10.9. The topological polar surface area (TPSA) is 32.3 Å². The Kier molecular flexibility index (Phi) is 4.78. The smallest absolute Gasteiger partial charge is 0.0741 e. The lowest BCUT2D eigenvalue weighted by Gasteiger charge is -2.21. The molecule has 16 heavy (non-hydrogen) atoms. The molecule has 0 aromatic heterocycles. The highest BCUT2D eigenvalue weighted by Crippen LogP contribution is 2.16. The van der Waals surface area contributed by atoms with Crippen molar-refractivity contribution in [2.24, 2.45) is 0 Å². The summed E-state index contributed by atoms with van der Waals surface area (Å²) >= 11 is 6.03. The molecule has 2 nitrogen and oxygen atoms in total. The van der Waals surface area contributed by atoms with Crippen LogP contribution in [0, 0.1) is 6.92 Å². The number of hydrogen-bond donors (Lipinski definition) is 2. The van der Waals surface area contributed by atoms with Gasteiger partial charge in [0.1, 0.15) is 0 Å². The van der Waals surface area contributed by atoms with Crippen molar-refractivity contribution in [3.05, 3.63) is 34.3 Å². The third-order valence-corrected chi connectivity index (χ3v) is 3.24. The average Bonchev–Trinajstić information content (AvgIpc) is 2.23. The van der Waals surface area contributed by atoms with Crippen LogP contribution in [0.1, 0.15) is 31.4 Å². The van der Waals surface area contributed by atoms with Gasteiger partial charge in [-0.2, -0.15) is 0 Å². The zero-order valence-electron chi connectivity index (χ0n) is 10.2. The summed E-state index contributed by atoms with van der Waals surface area (Å²) in [6.45, 7) is 7.12. The number of halogens is 1. The van der Waals surface area contributed by atoms with Crippen LogP contribution in [0.15, 0.2) is 18.2 Å². The van der Waals surface area contributed by atoms with Gasteiger partial charge in [-0.3, -0.25) is 0 Å². The molecule has 0 bridgehead atoms. The van der Waals surface area contributed by atoms with E-state index in [-0.39, 0.29) is 0 Å². The van der Waals surface area contributed by atoms with Crippen LogP contribution in [0.2, 0.25) is 5.02 Å². The Hall–Kier alpha value is -0.570. The van der Waals surface area contributed by atoms with Crippen LogP contribution in [0.3, 0.4) is 0 Å². The van der Waals surface area contributed by atoms with E-state index in [9.17, 15) is 5.11 Å². The molecule has 3 heteroatoms. The highest BCUT2D eigenvalue weighted by molar-refractivity contribution is 6.31. The van der Waals surface area contributed by atoms with Gasteiger partial charge in [0.05, 0.1) is 5.60 Å². The average molecular weight is 242 g/mol. The molecule has 0 spiro atoms. The third kappa shape index (κ3) is 4.12. The van der Waals surface area contributed by atoms with Gasteiger partial charge in [-0.15, -0.1) is 0 Å². The molecule has 1 rings (SSSR count). The molecule has 2 N–H and O–H groups in total. The van der Waals surface area contributed by atoms with E-state index < -0.39 is 5.60 Å². The first kappa shape index (κ1) is 13.5. The number of benzene rings is 1. The lowest BCUT2D eigenvalue weighted by atomic mass is 10.0. The fraction of sp³-hybridized carbons (Fsp3) is 0.538. The van der Waals surface area contributed by atoms with Gasteiger partial charge in [-0.05, 0) is 37.5 Å². The lowest BCUT2D eigenvalue weighted by molar-refractivity contribution is 0.0555. The van der Waals surface area contributed by atoms with Gasteiger partial charge in [0.2, 0.25) is 0 Å². The van der Waals surface area contributed by atoms with E-state index in [2.05, 4.69) is 11.4 Å². The zero-order chi connectivity index (χ0) is 12.2. The van der Waals surface area contributed by atoms with Crippen LogP contribution in [0.4, 0.5) is 0 Å². The maximum Gasteiger partial charge on any atom is 0.0741 e. The monoisotopic (exact) mass is 241 g/mol. The number of aliphatic hydroxyl groups is 1. The molecule has 0 saturated carbocycles. The number of aryl methyl sites for hydroxylation is 1. The quantitative estimate of drug-likeness (QED) is 0.831. The first-order chi connectivity index (χ1) is 7.44. The van der Waals surface area contributed by atoms with Gasteiger partial charge < -0.3 is 10.4 Å². The van der Waals surface area contributed by atoms with E-state index in [0.717, 1.165) is 29.1 Å². The SMILES string of the molecule is CCC(C)(O)CNCc1ccc(C)c(Cl)c1. The second kappa shape index (κ2) is 5.67. The van der Waals surface area contributed by atoms with Crippen molar-refractivity contribution in [2.75, 3.05) is 6.54 Å². The van der Waals surface area contributed by atoms with E-state index in [1.54, 1.807) is 0 Å².